The van der Waals surface area contributed by atoms with Crippen molar-refractivity contribution in [2.45, 2.75) is 39.8 Å². The summed E-state index contributed by atoms with van der Waals surface area (Å²) < 4.78 is 2.07. The first-order valence-corrected chi connectivity index (χ1v) is 6.50. The molecular weight excluding hydrogens is 333 g/mol. The normalized spacial score (nSPS) is 10.6. The zero-order valence-electron chi connectivity index (χ0n) is 10.2. The van der Waals surface area contributed by atoms with E-state index in [0.717, 1.165) is 5.69 Å². The Morgan fingerprint density at radius 1 is 1.59 bits per heavy atom. The molecule has 1 aromatic rings. The first kappa shape index (κ1) is 14.1. The Kier molecular flexibility index (Phi) is 5.10. The maximum atomic E-state index is 11.8. The van der Waals surface area contributed by atoms with E-state index in [1.165, 1.54) is 10.9 Å². The highest BCUT2D eigenvalue weighted by molar-refractivity contribution is 14.1. The second-order valence-electron chi connectivity index (χ2n) is 4.11. The quantitative estimate of drug-likeness (QED) is 0.828. The minimum absolute atomic E-state index is 0.0533. The van der Waals surface area contributed by atoms with E-state index >= 15 is 0 Å². The van der Waals surface area contributed by atoms with Crippen LogP contribution >= 0.6 is 22.6 Å². The van der Waals surface area contributed by atoms with Crippen molar-refractivity contribution in [1.29, 1.82) is 0 Å². The first-order valence-electron chi connectivity index (χ1n) is 5.42. The van der Waals surface area contributed by atoms with Crippen molar-refractivity contribution >= 4 is 28.5 Å². The van der Waals surface area contributed by atoms with Gasteiger partial charge in [0.2, 0.25) is 5.91 Å². The third-order valence-electron chi connectivity index (χ3n) is 2.19. The molecule has 0 bridgehead atoms. The molecule has 1 heterocycles. The van der Waals surface area contributed by atoms with Crippen LogP contribution in [-0.2, 0) is 11.3 Å². The third kappa shape index (κ3) is 4.10. The lowest BCUT2D eigenvalue weighted by Crippen LogP contribution is -2.32. The van der Waals surface area contributed by atoms with Gasteiger partial charge in [-0.05, 0) is 43.4 Å². The SMILES string of the molecule is Cc1ncn(CCC(=O)NC(C)C)c(=O)c1I. The molecule has 0 unspecified atom stereocenters. The lowest BCUT2D eigenvalue weighted by molar-refractivity contribution is -0.121. The molecule has 0 saturated heterocycles. The summed E-state index contributed by atoms with van der Waals surface area (Å²) in [6.07, 6.45) is 1.78. The Bertz CT molecular complexity index is 468. The van der Waals surface area contributed by atoms with Gasteiger partial charge < -0.3 is 5.32 Å². The van der Waals surface area contributed by atoms with Gasteiger partial charge in [0.1, 0.15) is 0 Å². The predicted octanol–water partition coefficient (Wildman–Crippen LogP) is 1.07. The number of hydrogen-bond donors (Lipinski definition) is 1. The second kappa shape index (κ2) is 6.13. The van der Waals surface area contributed by atoms with Crippen molar-refractivity contribution in [3.8, 4) is 0 Å². The van der Waals surface area contributed by atoms with Crippen LogP contribution < -0.4 is 10.9 Å². The van der Waals surface area contributed by atoms with Gasteiger partial charge in [-0.1, -0.05) is 0 Å². The topological polar surface area (TPSA) is 64.0 Å². The van der Waals surface area contributed by atoms with E-state index in [2.05, 4.69) is 10.3 Å². The number of nitrogens with one attached hydrogen (secondary N) is 1. The van der Waals surface area contributed by atoms with Gasteiger partial charge in [-0.25, -0.2) is 4.98 Å². The van der Waals surface area contributed by atoms with Crippen LogP contribution in [0.15, 0.2) is 11.1 Å². The fourth-order valence-electron chi connectivity index (χ4n) is 1.32. The summed E-state index contributed by atoms with van der Waals surface area (Å²) in [5.41, 5.74) is 0.633. The standard InChI is InChI=1S/C11H16IN3O2/c1-7(2)14-9(16)4-5-15-6-13-8(3)10(12)11(15)17/h6-7H,4-5H2,1-3H3,(H,14,16). The molecule has 0 fully saturated rings. The number of carbonyl (C=O) groups is 1. The number of aryl methyl sites for hydroxylation is 2. The Labute approximate surface area is 114 Å². The van der Waals surface area contributed by atoms with Crippen molar-refractivity contribution in [2.75, 3.05) is 0 Å². The van der Waals surface area contributed by atoms with Gasteiger partial charge in [0.15, 0.2) is 0 Å². The van der Waals surface area contributed by atoms with E-state index in [1.54, 1.807) is 6.92 Å². The van der Waals surface area contributed by atoms with Crippen molar-refractivity contribution < 1.29 is 4.79 Å². The van der Waals surface area contributed by atoms with Gasteiger partial charge in [-0.3, -0.25) is 14.2 Å². The van der Waals surface area contributed by atoms with Gasteiger partial charge in [0.05, 0.1) is 15.6 Å². The molecule has 0 aliphatic carbocycles. The minimum Gasteiger partial charge on any atom is -0.354 e. The van der Waals surface area contributed by atoms with Gasteiger partial charge in [-0.2, -0.15) is 0 Å². The Morgan fingerprint density at radius 2 is 2.24 bits per heavy atom. The highest BCUT2D eigenvalue weighted by Crippen LogP contribution is 2.01. The van der Waals surface area contributed by atoms with E-state index in [1.807, 2.05) is 36.4 Å². The van der Waals surface area contributed by atoms with Crippen LogP contribution in [-0.4, -0.2) is 21.5 Å². The van der Waals surface area contributed by atoms with Gasteiger partial charge in [0.25, 0.3) is 5.56 Å². The monoisotopic (exact) mass is 349 g/mol. The number of nitrogens with zero attached hydrogens (tertiary/aromatic N) is 2. The van der Waals surface area contributed by atoms with Crippen LogP contribution in [0.3, 0.4) is 0 Å². The van der Waals surface area contributed by atoms with Crippen LogP contribution in [0, 0.1) is 10.5 Å². The molecule has 0 radical (unpaired) electrons. The zero-order valence-corrected chi connectivity index (χ0v) is 12.3. The third-order valence-corrected chi connectivity index (χ3v) is 3.43. The van der Waals surface area contributed by atoms with Crippen LogP contribution in [0.5, 0.6) is 0 Å². The summed E-state index contributed by atoms with van der Waals surface area (Å²) in [7, 11) is 0. The Morgan fingerprint density at radius 3 is 2.82 bits per heavy atom. The summed E-state index contributed by atoms with van der Waals surface area (Å²) >= 11 is 1.98. The Balaban J connectivity index is 2.68. The van der Waals surface area contributed by atoms with Crippen molar-refractivity contribution in [1.82, 2.24) is 14.9 Å². The summed E-state index contributed by atoms with van der Waals surface area (Å²) in [6.45, 7) is 5.96. The van der Waals surface area contributed by atoms with Gasteiger partial charge >= 0.3 is 0 Å². The highest BCUT2D eigenvalue weighted by atomic mass is 127. The van der Waals surface area contributed by atoms with E-state index in [4.69, 9.17) is 0 Å². The van der Waals surface area contributed by atoms with Crippen molar-refractivity contribution in [2.24, 2.45) is 0 Å². The largest absolute Gasteiger partial charge is 0.354 e. The summed E-state index contributed by atoms with van der Waals surface area (Å²) in [5.74, 6) is -0.0533. The van der Waals surface area contributed by atoms with E-state index < -0.39 is 0 Å². The molecule has 1 rings (SSSR count). The smallest absolute Gasteiger partial charge is 0.267 e. The van der Waals surface area contributed by atoms with Crippen LogP contribution in [0.1, 0.15) is 26.0 Å². The molecule has 0 aromatic carbocycles. The molecule has 0 aliphatic heterocycles. The molecule has 1 N–H and O–H groups in total. The highest BCUT2D eigenvalue weighted by Gasteiger charge is 2.07. The molecule has 0 aliphatic rings. The van der Waals surface area contributed by atoms with Crippen LogP contribution in [0.25, 0.3) is 0 Å². The number of halogens is 1. The molecule has 0 saturated carbocycles. The van der Waals surface area contributed by atoms with Crippen LogP contribution in [0.4, 0.5) is 0 Å². The molecule has 0 spiro atoms. The van der Waals surface area contributed by atoms with Gasteiger partial charge in [0, 0.05) is 19.0 Å². The fourth-order valence-corrected chi connectivity index (χ4v) is 1.77. The second-order valence-corrected chi connectivity index (χ2v) is 5.19. The lowest BCUT2D eigenvalue weighted by Gasteiger charge is -2.09. The van der Waals surface area contributed by atoms with E-state index in [9.17, 15) is 9.59 Å². The zero-order chi connectivity index (χ0) is 13.0. The molecule has 0 atom stereocenters. The fraction of sp³-hybridized carbons (Fsp3) is 0.545. The number of amides is 1. The maximum absolute atomic E-state index is 11.8. The number of carbonyl (C=O) groups excluding carboxylic acids is 1. The van der Waals surface area contributed by atoms with E-state index in [-0.39, 0.29) is 17.5 Å². The van der Waals surface area contributed by atoms with Crippen molar-refractivity contribution in [3.05, 3.63) is 25.9 Å². The Hall–Kier alpha value is -0.920. The summed E-state index contributed by atoms with van der Waals surface area (Å²) in [5, 5.41) is 2.78. The number of aromatic nitrogens is 2. The summed E-state index contributed by atoms with van der Waals surface area (Å²) in [4.78, 5) is 27.4. The van der Waals surface area contributed by atoms with Gasteiger partial charge in [-0.15, -0.1) is 0 Å². The molecule has 1 aromatic heterocycles. The first-order chi connectivity index (χ1) is 7.91. The predicted molar refractivity (Wildman–Crippen MR) is 73.8 cm³/mol. The van der Waals surface area contributed by atoms with Crippen molar-refractivity contribution in [3.63, 3.8) is 0 Å². The average Bonchev–Trinajstić information content (AvgIpc) is 2.24. The molecule has 5 nitrogen and oxygen atoms in total. The minimum atomic E-state index is -0.0875. The van der Waals surface area contributed by atoms with Crippen LogP contribution in [0.2, 0.25) is 0 Å². The number of hydrogen-bond acceptors (Lipinski definition) is 3. The average molecular weight is 349 g/mol. The maximum Gasteiger partial charge on any atom is 0.267 e. The van der Waals surface area contributed by atoms with E-state index in [0.29, 0.717) is 16.5 Å². The molecular formula is C11H16IN3O2. The molecule has 6 heteroatoms. The molecule has 94 valence electrons. The molecule has 1 amide bonds. The number of rotatable bonds is 4. The molecule has 17 heavy (non-hydrogen) atoms. The summed E-state index contributed by atoms with van der Waals surface area (Å²) in [6, 6.07) is 0.121. The lowest BCUT2D eigenvalue weighted by atomic mass is 10.3.